The molecule has 0 aromatic heterocycles. The molecule has 0 saturated heterocycles. The molecule has 0 bridgehead atoms. The van der Waals surface area contributed by atoms with E-state index in [-0.39, 0.29) is 12.8 Å². The van der Waals surface area contributed by atoms with Crippen molar-refractivity contribution in [1.29, 1.82) is 0 Å². The van der Waals surface area contributed by atoms with Crippen molar-refractivity contribution < 1.29 is 63.1 Å². The molecule has 1 aliphatic carbocycles. The number of carbonyl (C=O) groups excluding carboxylic acids is 2. The number of carbonyl (C=O) groups is 2. The topological polar surface area (TPSA) is 210 Å². The van der Waals surface area contributed by atoms with E-state index in [4.69, 9.17) is 18.5 Å². The molecule has 14 heteroatoms. The van der Waals surface area contributed by atoms with Gasteiger partial charge in [0.25, 0.3) is 0 Å². The van der Waals surface area contributed by atoms with E-state index >= 15 is 0 Å². The summed E-state index contributed by atoms with van der Waals surface area (Å²) in [5.74, 6) is -1.09. The fraction of sp³-hybridized carbons (Fsp3) is 0.917. The maximum atomic E-state index is 12.8. The van der Waals surface area contributed by atoms with Crippen LogP contribution in [0.5, 0.6) is 0 Å². The van der Waals surface area contributed by atoms with Gasteiger partial charge in [-0.05, 0) is 38.5 Å². The summed E-state index contributed by atoms with van der Waals surface area (Å²) in [7, 11) is -5.12. The Labute approximate surface area is 375 Å². The van der Waals surface area contributed by atoms with Crippen molar-refractivity contribution >= 4 is 19.8 Å². The van der Waals surface area contributed by atoms with E-state index < -0.39 is 75.7 Å². The van der Waals surface area contributed by atoms with E-state index in [9.17, 15) is 44.6 Å². The van der Waals surface area contributed by atoms with Crippen molar-refractivity contribution in [3.63, 3.8) is 0 Å². The molecule has 1 saturated carbocycles. The Morgan fingerprint density at radius 1 is 0.484 bits per heavy atom. The van der Waals surface area contributed by atoms with Crippen LogP contribution in [-0.2, 0) is 32.7 Å². The molecular weight excluding hydrogens is 815 g/mol. The lowest BCUT2D eigenvalue weighted by atomic mass is 9.85. The molecule has 1 rings (SSSR count). The number of aliphatic hydroxyl groups excluding tert-OH is 5. The highest BCUT2D eigenvalue weighted by Crippen LogP contribution is 2.47. The van der Waals surface area contributed by atoms with Gasteiger partial charge in [-0.3, -0.25) is 18.6 Å². The fourth-order valence-electron chi connectivity index (χ4n) is 7.81. The van der Waals surface area contributed by atoms with E-state index in [1.807, 2.05) is 0 Å². The maximum Gasteiger partial charge on any atom is 0.472 e. The Balaban J connectivity index is 2.41. The Hall–Kier alpha value is -1.41. The molecule has 6 N–H and O–H groups in total. The average Bonchev–Trinajstić information content (AvgIpc) is 3.25. The third kappa shape index (κ3) is 30.7. The lowest BCUT2D eigenvalue weighted by molar-refractivity contribution is -0.220. The summed E-state index contributed by atoms with van der Waals surface area (Å²) in [6.45, 7) is 3.31. The van der Waals surface area contributed by atoms with Crippen LogP contribution in [-0.4, -0.2) is 98.3 Å². The van der Waals surface area contributed by atoms with Gasteiger partial charge >= 0.3 is 19.8 Å². The summed E-state index contributed by atoms with van der Waals surface area (Å²) in [6, 6.07) is 0. The van der Waals surface area contributed by atoms with Crippen LogP contribution in [0.3, 0.4) is 0 Å². The van der Waals surface area contributed by atoms with E-state index in [0.717, 1.165) is 51.4 Å². The van der Waals surface area contributed by atoms with Crippen LogP contribution in [0.1, 0.15) is 226 Å². The van der Waals surface area contributed by atoms with Gasteiger partial charge in [0, 0.05) is 12.8 Å². The highest BCUT2D eigenvalue weighted by Gasteiger charge is 2.51. The second kappa shape index (κ2) is 38.8. The van der Waals surface area contributed by atoms with Crippen LogP contribution in [0, 0.1) is 0 Å². The van der Waals surface area contributed by atoms with Gasteiger partial charge in [0.2, 0.25) is 0 Å². The van der Waals surface area contributed by atoms with Crippen molar-refractivity contribution in [3.8, 4) is 0 Å². The van der Waals surface area contributed by atoms with Crippen LogP contribution in [0.25, 0.3) is 0 Å². The highest BCUT2D eigenvalue weighted by molar-refractivity contribution is 7.47. The number of rotatable bonds is 42. The first-order valence-corrected chi connectivity index (χ1v) is 26.5. The predicted molar refractivity (Wildman–Crippen MR) is 244 cm³/mol. The summed E-state index contributed by atoms with van der Waals surface area (Å²) in [4.78, 5) is 35.8. The number of phosphoric ester groups is 1. The van der Waals surface area contributed by atoms with Gasteiger partial charge in [-0.1, -0.05) is 187 Å². The minimum atomic E-state index is -5.12. The molecule has 366 valence electrons. The lowest BCUT2D eigenvalue weighted by Crippen LogP contribution is -2.64. The Kier molecular flexibility index (Phi) is 36.7. The first-order valence-electron chi connectivity index (χ1n) is 25.0. The second-order valence-corrected chi connectivity index (χ2v) is 19.1. The predicted octanol–water partition coefficient (Wildman–Crippen LogP) is 10.2. The standard InChI is InChI=1S/C48H91O13P/c1-3-5-7-9-11-13-15-17-19-20-21-23-25-27-29-31-33-35-37-42(50)60-40(39-59-62(56,57)61-48-46(54)44(52)43(51)45(53)47(48)55)38-58-41(49)36-34-32-30-28-26-24-22-18-16-14-12-10-8-6-4-2/h14,16,40,43-48,51-55H,3-13,15,17-39H2,1-2H3,(H,56,57)/b16-14+/t40-,43?,44+,45?,46?,47?,48?/m1/s1. The van der Waals surface area contributed by atoms with Gasteiger partial charge < -0.3 is 39.9 Å². The molecule has 1 aliphatic rings. The van der Waals surface area contributed by atoms with Crippen LogP contribution in [0.2, 0.25) is 0 Å². The number of hydrogen-bond donors (Lipinski definition) is 6. The molecule has 0 aliphatic heterocycles. The second-order valence-electron chi connectivity index (χ2n) is 17.7. The van der Waals surface area contributed by atoms with Gasteiger partial charge in [-0.15, -0.1) is 0 Å². The molecule has 62 heavy (non-hydrogen) atoms. The summed E-state index contributed by atoms with van der Waals surface area (Å²) >= 11 is 0. The number of aliphatic hydroxyl groups is 5. The molecule has 0 spiro atoms. The number of esters is 2. The highest BCUT2D eigenvalue weighted by atomic mass is 31.2. The largest absolute Gasteiger partial charge is 0.472 e. The molecule has 0 aromatic carbocycles. The van der Waals surface area contributed by atoms with Gasteiger partial charge in [0.05, 0.1) is 6.61 Å². The number of unbranched alkanes of at least 4 members (excludes halogenated alkanes) is 28. The van der Waals surface area contributed by atoms with Crippen molar-refractivity contribution in [3.05, 3.63) is 12.2 Å². The summed E-state index contributed by atoms with van der Waals surface area (Å²) < 4.78 is 33.6. The van der Waals surface area contributed by atoms with Gasteiger partial charge in [0.1, 0.15) is 43.2 Å². The van der Waals surface area contributed by atoms with E-state index in [0.29, 0.717) is 12.8 Å². The summed E-state index contributed by atoms with van der Waals surface area (Å²) in [5, 5.41) is 50.2. The monoisotopic (exact) mass is 907 g/mol. The first kappa shape index (κ1) is 58.6. The maximum absolute atomic E-state index is 12.8. The number of ether oxygens (including phenoxy) is 2. The molecule has 13 nitrogen and oxygen atoms in total. The number of hydrogen-bond acceptors (Lipinski definition) is 12. The van der Waals surface area contributed by atoms with E-state index in [1.54, 1.807) is 0 Å². The van der Waals surface area contributed by atoms with Crippen LogP contribution in [0.4, 0.5) is 0 Å². The Bertz CT molecular complexity index is 1140. The third-order valence-corrected chi connectivity index (χ3v) is 12.8. The zero-order chi connectivity index (χ0) is 45.7. The van der Waals surface area contributed by atoms with E-state index in [2.05, 4.69) is 26.0 Å². The van der Waals surface area contributed by atoms with Crippen LogP contribution >= 0.6 is 7.82 Å². The molecular formula is C48H91O13P. The minimum Gasteiger partial charge on any atom is -0.462 e. The zero-order valence-electron chi connectivity index (χ0n) is 38.9. The van der Waals surface area contributed by atoms with Gasteiger partial charge in [-0.25, -0.2) is 4.57 Å². The number of phosphoric acid groups is 1. The molecule has 0 aromatic rings. The molecule has 0 amide bonds. The number of allylic oxidation sites excluding steroid dienone is 2. The smallest absolute Gasteiger partial charge is 0.462 e. The summed E-state index contributed by atoms with van der Waals surface area (Å²) in [6.07, 6.45) is 28.3. The third-order valence-electron chi connectivity index (χ3n) is 11.9. The molecule has 0 radical (unpaired) electrons. The van der Waals surface area contributed by atoms with Crippen LogP contribution < -0.4 is 0 Å². The Morgan fingerprint density at radius 2 is 0.823 bits per heavy atom. The molecule has 6 unspecified atom stereocenters. The van der Waals surface area contributed by atoms with Crippen molar-refractivity contribution in [2.24, 2.45) is 0 Å². The Morgan fingerprint density at radius 3 is 1.24 bits per heavy atom. The average molecular weight is 907 g/mol. The quantitative estimate of drug-likeness (QED) is 0.0146. The van der Waals surface area contributed by atoms with Crippen LogP contribution in [0.15, 0.2) is 12.2 Å². The molecule has 1 fully saturated rings. The molecule has 0 heterocycles. The first-order chi connectivity index (χ1) is 29.9. The summed E-state index contributed by atoms with van der Waals surface area (Å²) in [5.41, 5.74) is 0. The SMILES string of the molecule is CCCCCC/C=C/CCCCCCCCCC(=O)OC[C@H](COP(=O)(O)OC1C(O)C(O)C(O)[C@H](O)C1O)OC(=O)CCCCCCCCCCCCCCCCCCCC. The minimum absolute atomic E-state index is 0.102. The lowest BCUT2D eigenvalue weighted by Gasteiger charge is -2.41. The van der Waals surface area contributed by atoms with E-state index in [1.165, 1.54) is 135 Å². The van der Waals surface area contributed by atoms with Crippen molar-refractivity contribution in [2.45, 2.75) is 268 Å². The normalized spacial score (nSPS) is 21.9. The van der Waals surface area contributed by atoms with Crippen molar-refractivity contribution in [1.82, 2.24) is 0 Å². The fourth-order valence-corrected chi connectivity index (χ4v) is 8.79. The van der Waals surface area contributed by atoms with Gasteiger partial charge in [0.15, 0.2) is 6.10 Å². The van der Waals surface area contributed by atoms with Gasteiger partial charge in [-0.2, -0.15) is 0 Å². The zero-order valence-corrected chi connectivity index (χ0v) is 39.8. The molecule has 8 atom stereocenters. The van der Waals surface area contributed by atoms with Crippen molar-refractivity contribution in [2.75, 3.05) is 13.2 Å².